The van der Waals surface area contributed by atoms with E-state index in [9.17, 15) is 0 Å². The molecule has 3 aromatic rings. The lowest BCUT2D eigenvalue weighted by Crippen LogP contribution is -2.02. The Kier molecular flexibility index (Phi) is 3.23. The third-order valence-electron chi connectivity index (χ3n) is 3.13. The molecule has 0 aliphatic carbocycles. The van der Waals surface area contributed by atoms with Crippen molar-refractivity contribution in [2.24, 2.45) is 0 Å². The molecule has 2 N–H and O–H groups in total. The van der Waals surface area contributed by atoms with Crippen molar-refractivity contribution in [1.29, 1.82) is 0 Å². The molecule has 0 unspecified atom stereocenters. The van der Waals surface area contributed by atoms with Gasteiger partial charge in [0.25, 0.3) is 0 Å². The normalized spacial score (nSPS) is 11.2. The van der Waals surface area contributed by atoms with Gasteiger partial charge in [-0.1, -0.05) is 29.3 Å². The van der Waals surface area contributed by atoms with Crippen molar-refractivity contribution < 1.29 is 4.63 Å². The summed E-state index contributed by atoms with van der Waals surface area (Å²) in [6.07, 6.45) is 0.588. The fourth-order valence-corrected chi connectivity index (χ4v) is 2.39. The van der Waals surface area contributed by atoms with Gasteiger partial charge in [-0.15, -0.1) is 0 Å². The number of benzene rings is 1. The molecule has 20 heavy (non-hydrogen) atoms. The predicted octanol–water partition coefficient (Wildman–Crippen LogP) is 3.41. The summed E-state index contributed by atoms with van der Waals surface area (Å²) in [5.74, 6) is 0. The Morgan fingerprint density at radius 2 is 2.00 bits per heavy atom. The van der Waals surface area contributed by atoms with E-state index in [4.69, 9.17) is 28.9 Å². The van der Waals surface area contributed by atoms with Gasteiger partial charge in [0.1, 0.15) is 0 Å². The molecular weight excluding hydrogens is 299 g/mol. The van der Waals surface area contributed by atoms with Gasteiger partial charge in [-0.2, -0.15) is 0 Å². The molecule has 0 fully saturated rings. The molecule has 0 atom stereocenters. The average Bonchev–Trinajstić information content (AvgIpc) is 2.87. The number of rotatable bonds is 2. The molecule has 102 valence electrons. The second-order valence-corrected chi connectivity index (χ2v) is 5.27. The number of pyridine rings is 1. The first kappa shape index (κ1) is 13.1. The Balaban J connectivity index is 2.07. The van der Waals surface area contributed by atoms with E-state index in [1.807, 2.05) is 19.1 Å². The molecule has 0 saturated carbocycles. The zero-order valence-electron chi connectivity index (χ0n) is 10.5. The fourth-order valence-electron chi connectivity index (χ4n) is 2.07. The van der Waals surface area contributed by atoms with E-state index >= 15 is 0 Å². The third kappa shape index (κ3) is 2.19. The standard InChI is InChI=1S/C13H10Cl2N4O/c1-6-8(4-7-2-3-9(14)10(15)5-7)11(16)12-13(17-6)19-20-18-12/h2-3,5H,4,16H2,1H3. The van der Waals surface area contributed by atoms with Crippen LogP contribution in [0.3, 0.4) is 0 Å². The van der Waals surface area contributed by atoms with Crippen LogP contribution in [0.15, 0.2) is 22.8 Å². The quantitative estimate of drug-likeness (QED) is 0.785. The van der Waals surface area contributed by atoms with Gasteiger partial charge in [0.2, 0.25) is 5.65 Å². The Bertz CT molecular complexity index is 800. The van der Waals surface area contributed by atoms with Crippen LogP contribution >= 0.6 is 23.2 Å². The number of nitrogens with two attached hydrogens (primary N) is 1. The molecule has 3 rings (SSSR count). The van der Waals surface area contributed by atoms with E-state index in [0.29, 0.717) is 33.3 Å². The first-order valence-corrected chi connectivity index (χ1v) is 6.63. The molecular formula is C13H10Cl2N4O. The van der Waals surface area contributed by atoms with Gasteiger partial charge < -0.3 is 5.73 Å². The topological polar surface area (TPSA) is 77.8 Å². The molecule has 1 aromatic carbocycles. The minimum absolute atomic E-state index is 0.415. The summed E-state index contributed by atoms with van der Waals surface area (Å²) in [6.45, 7) is 1.87. The summed E-state index contributed by atoms with van der Waals surface area (Å²) in [5.41, 5.74) is 10.2. The first-order valence-electron chi connectivity index (χ1n) is 5.87. The van der Waals surface area contributed by atoms with Crippen LogP contribution in [0.4, 0.5) is 5.69 Å². The second-order valence-electron chi connectivity index (χ2n) is 4.45. The van der Waals surface area contributed by atoms with Crippen molar-refractivity contribution in [3.8, 4) is 0 Å². The SMILES string of the molecule is Cc1nc2nonc2c(N)c1Cc1ccc(Cl)c(Cl)c1. The van der Waals surface area contributed by atoms with Crippen molar-refractivity contribution in [3.05, 3.63) is 45.1 Å². The predicted molar refractivity (Wildman–Crippen MR) is 78.0 cm³/mol. The van der Waals surface area contributed by atoms with Gasteiger partial charge in [-0.05, 0) is 34.9 Å². The van der Waals surface area contributed by atoms with Gasteiger partial charge in [0.15, 0.2) is 5.52 Å². The Hall–Kier alpha value is -1.85. The molecule has 0 saturated heterocycles. The van der Waals surface area contributed by atoms with Crippen LogP contribution in [0, 0.1) is 6.92 Å². The van der Waals surface area contributed by atoms with Crippen molar-refractivity contribution >= 4 is 40.1 Å². The van der Waals surface area contributed by atoms with Crippen LogP contribution in [0.5, 0.6) is 0 Å². The summed E-state index contributed by atoms with van der Waals surface area (Å²) < 4.78 is 4.66. The molecule has 2 heterocycles. The van der Waals surface area contributed by atoms with E-state index in [-0.39, 0.29) is 0 Å². The molecule has 0 bridgehead atoms. The fraction of sp³-hybridized carbons (Fsp3) is 0.154. The van der Waals surface area contributed by atoms with Crippen LogP contribution in [0.25, 0.3) is 11.2 Å². The molecule has 0 amide bonds. The number of nitrogens with zero attached hydrogens (tertiary/aromatic N) is 3. The molecule has 0 spiro atoms. The molecule has 7 heteroatoms. The van der Waals surface area contributed by atoms with Gasteiger partial charge in [-0.3, -0.25) is 0 Å². The number of aryl methyl sites for hydroxylation is 1. The van der Waals surface area contributed by atoms with Gasteiger partial charge in [-0.25, -0.2) is 9.61 Å². The van der Waals surface area contributed by atoms with Crippen LogP contribution in [0.1, 0.15) is 16.8 Å². The highest BCUT2D eigenvalue weighted by Gasteiger charge is 2.15. The van der Waals surface area contributed by atoms with E-state index in [1.54, 1.807) is 6.07 Å². The average molecular weight is 309 g/mol. The van der Waals surface area contributed by atoms with Crippen molar-refractivity contribution in [2.75, 3.05) is 5.73 Å². The smallest absolute Gasteiger partial charge is 0.226 e. The monoisotopic (exact) mass is 308 g/mol. The lowest BCUT2D eigenvalue weighted by molar-refractivity contribution is 0.315. The van der Waals surface area contributed by atoms with Gasteiger partial charge in [0, 0.05) is 17.7 Å². The van der Waals surface area contributed by atoms with Crippen LogP contribution in [0.2, 0.25) is 10.0 Å². The van der Waals surface area contributed by atoms with Crippen molar-refractivity contribution in [3.63, 3.8) is 0 Å². The third-order valence-corrected chi connectivity index (χ3v) is 3.87. The summed E-state index contributed by atoms with van der Waals surface area (Å²) in [7, 11) is 0. The maximum absolute atomic E-state index is 6.12. The molecule has 5 nitrogen and oxygen atoms in total. The maximum Gasteiger partial charge on any atom is 0.226 e. The van der Waals surface area contributed by atoms with Crippen LogP contribution in [-0.4, -0.2) is 15.3 Å². The highest BCUT2D eigenvalue weighted by Crippen LogP contribution is 2.28. The van der Waals surface area contributed by atoms with Gasteiger partial charge >= 0.3 is 0 Å². The molecule has 0 aliphatic heterocycles. The Morgan fingerprint density at radius 1 is 1.20 bits per heavy atom. The van der Waals surface area contributed by atoms with Gasteiger partial charge in [0.05, 0.1) is 15.7 Å². The molecule has 2 aromatic heterocycles. The zero-order chi connectivity index (χ0) is 14.3. The highest BCUT2D eigenvalue weighted by molar-refractivity contribution is 6.42. The number of aromatic nitrogens is 3. The first-order chi connectivity index (χ1) is 9.56. The largest absolute Gasteiger partial charge is 0.396 e. The lowest BCUT2D eigenvalue weighted by atomic mass is 10.0. The van der Waals surface area contributed by atoms with E-state index in [2.05, 4.69) is 19.9 Å². The summed E-state index contributed by atoms with van der Waals surface area (Å²) in [4.78, 5) is 4.33. The second kappa shape index (κ2) is 4.92. The number of nitrogen functional groups attached to an aromatic ring is 1. The van der Waals surface area contributed by atoms with Crippen molar-refractivity contribution in [2.45, 2.75) is 13.3 Å². The Morgan fingerprint density at radius 3 is 2.75 bits per heavy atom. The number of anilines is 1. The van der Waals surface area contributed by atoms with E-state index in [1.165, 1.54) is 0 Å². The number of hydrogen-bond acceptors (Lipinski definition) is 5. The van der Waals surface area contributed by atoms with E-state index < -0.39 is 0 Å². The number of halogens is 2. The number of fused-ring (bicyclic) bond motifs is 1. The number of hydrogen-bond donors (Lipinski definition) is 1. The van der Waals surface area contributed by atoms with Crippen molar-refractivity contribution in [1.82, 2.24) is 15.3 Å². The molecule has 0 aliphatic rings. The summed E-state index contributed by atoms with van der Waals surface area (Å²) in [6, 6.07) is 5.47. The minimum atomic E-state index is 0.415. The zero-order valence-corrected chi connectivity index (χ0v) is 12.0. The Labute approximate surface area is 124 Å². The van der Waals surface area contributed by atoms with Crippen LogP contribution < -0.4 is 5.73 Å². The highest BCUT2D eigenvalue weighted by atomic mass is 35.5. The minimum Gasteiger partial charge on any atom is -0.396 e. The van der Waals surface area contributed by atoms with Crippen LogP contribution in [-0.2, 0) is 6.42 Å². The maximum atomic E-state index is 6.12. The molecule has 0 radical (unpaired) electrons. The van der Waals surface area contributed by atoms with E-state index in [0.717, 1.165) is 16.8 Å². The summed E-state index contributed by atoms with van der Waals surface area (Å²) >= 11 is 11.9. The summed E-state index contributed by atoms with van der Waals surface area (Å²) in [5, 5.41) is 8.51. The lowest BCUT2D eigenvalue weighted by Gasteiger charge is -2.09.